The van der Waals surface area contributed by atoms with Crippen molar-refractivity contribution in [2.75, 3.05) is 0 Å². The third-order valence-corrected chi connectivity index (χ3v) is 1.74. The number of aldehydes is 1. The van der Waals surface area contributed by atoms with Crippen LogP contribution >= 0.6 is 0 Å². The zero-order valence-corrected chi connectivity index (χ0v) is 7.89. The second-order valence-corrected chi connectivity index (χ2v) is 2.77. The molecule has 0 radical (unpaired) electrons. The van der Waals surface area contributed by atoms with Crippen LogP contribution in [0.4, 0.5) is 0 Å². The van der Waals surface area contributed by atoms with E-state index in [2.05, 4.69) is 6.58 Å². The molecule has 0 N–H and O–H groups in total. The first kappa shape index (κ1) is 10.2. The Balaban J connectivity index is 2.64. The molecule has 0 heterocycles. The van der Waals surface area contributed by atoms with E-state index in [-0.39, 0.29) is 0 Å². The summed E-state index contributed by atoms with van der Waals surface area (Å²) in [4.78, 5) is 9.98. The van der Waals surface area contributed by atoms with Gasteiger partial charge in [-0.25, -0.2) is 0 Å². The van der Waals surface area contributed by atoms with E-state index in [4.69, 9.17) is 0 Å². The van der Waals surface area contributed by atoms with E-state index in [9.17, 15) is 4.79 Å². The fraction of sp³-hybridized carbons (Fsp3) is 0. The fourth-order valence-electron chi connectivity index (χ4n) is 1.03. The fourth-order valence-corrected chi connectivity index (χ4v) is 1.03. The lowest BCUT2D eigenvalue weighted by molar-refractivity contribution is -0.104. The summed E-state index contributed by atoms with van der Waals surface area (Å²) in [6.07, 6.45) is 7.53. The topological polar surface area (TPSA) is 17.1 Å². The van der Waals surface area contributed by atoms with Gasteiger partial charge in [0.1, 0.15) is 6.29 Å². The summed E-state index contributed by atoms with van der Waals surface area (Å²) < 4.78 is 0. The van der Waals surface area contributed by atoms with Crippen molar-refractivity contribution in [3.63, 3.8) is 0 Å². The van der Waals surface area contributed by atoms with E-state index in [0.717, 1.165) is 17.4 Å². The monoisotopic (exact) mass is 184 g/mol. The van der Waals surface area contributed by atoms with Crippen LogP contribution in [0.25, 0.3) is 5.57 Å². The zero-order chi connectivity index (χ0) is 10.2. The summed E-state index contributed by atoms with van der Waals surface area (Å²) in [5.41, 5.74) is 2.02. The highest BCUT2D eigenvalue weighted by Crippen LogP contribution is 2.12. The van der Waals surface area contributed by atoms with Crippen molar-refractivity contribution in [2.24, 2.45) is 0 Å². The number of carbonyl (C=O) groups excluding carboxylic acids is 1. The molecule has 0 spiro atoms. The lowest BCUT2D eigenvalue weighted by Gasteiger charge is -1.97. The summed E-state index contributed by atoms with van der Waals surface area (Å²) in [6, 6.07) is 9.89. The molecule has 1 nitrogen and oxygen atoms in total. The average molecular weight is 184 g/mol. The van der Waals surface area contributed by atoms with E-state index in [1.807, 2.05) is 36.4 Å². The van der Waals surface area contributed by atoms with Gasteiger partial charge in [-0.3, -0.25) is 4.79 Å². The normalized spacial score (nSPS) is 10.9. The molecule has 0 bridgehead atoms. The van der Waals surface area contributed by atoms with Crippen molar-refractivity contribution in [2.45, 2.75) is 0 Å². The van der Waals surface area contributed by atoms with Gasteiger partial charge in [-0.15, -0.1) is 0 Å². The Morgan fingerprint density at radius 2 is 1.79 bits per heavy atom. The molecule has 1 heteroatoms. The maximum atomic E-state index is 9.98. The molecule has 14 heavy (non-hydrogen) atoms. The zero-order valence-electron chi connectivity index (χ0n) is 7.89. The molecule has 0 aliphatic heterocycles. The molecule has 0 saturated carbocycles. The van der Waals surface area contributed by atoms with Gasteiger partial charge in [-0.1, -0.05) is 55.1 Å². The molecular formula is C13H12O. The van der Waals surface area contributed by atoms with Gasteiger partial charge in [0.25, 0.3) is 0 Å². The number of benzene rings is 1. The van der Waals surface area contributed by atoms with E-state index < -0.39 is 0 Å². The molecule has 0 fully saturated rings. The maximum Gasteiger partial charge on any atom is 0.142 e. The summed E-state index contributed by atoms with van der Waals surface area (Å²) in [6.45, 7) is 3.91. The predicted molar refractivity (Wildman–Crippen MR) is 59.8 cm³/mol. The maximum absolute atomic E-state index is 9.98. The third kappa shape index (κ3) is 3.23. The Kier molecular flexibility index (Phi) is 4.15. The second-order valence-electron chi connectivity index (χ2n) is 2.77. The van der Waals surface area contributed by atoms with Crippen molar-refractivity contribution in [1.82, 2.24) is 0 Å². The number of allylic oxidation sites excluding steroid dienone is 5. The molecule has 0 aliphatic carbocycles. The van der Waals surface area contributed by atoms with Gasteiger partial charge in [0.05, 0.1) is 0 Å². The summed E-state index contributed by atoms with van der Waals surface area (Å²) >= 11 is 0. The van der Waals surface area contributed by atoms with Gasteiger partial charge in [0.15, 0.2) is 0 Å². The summed E-state index contributed by atoms with van der Waals surface area (Å²) in [5.74, 6) is 0. The van der Waals surface area contributed by atoms with Crippen molar-refractivity contribution in [3.05, 3.63) is 66.8 Å². The minimum absolute atomic E-state index is 0.746. The van der Waals surface area contributed by atoms with Gasteiger partial charge in [-0.05, 0) is 17.2 Å². The Hall–Kier alpha value is -1.89. The van der Waals surface area contributed by atoms with Crippen LogP contribution in [-0.2, 0) is 4.79 Å². The molecule has 70 valence electrons. The van der Waals surface area contributed by atoms with E-state index in [0.29, 0.717) is 0 Å². The molecule has 0 amide bonds. The number of hydrogen-bond donors (Lipinski definition) is 0. The minimum Gasteiger partial charge on any atom is -0.299 e. The van der Waals surface area contributed by atoms with Crippen LogP contribution in [0.1, 0.15) is 5.56 Å². The lowest BCUT2D eigenvalue weighted by Crippen LogP contribution is -1.75. The van der Waals surface area contributed by atoms with Crippen LogP contribution < -0.4 is 0 Å². The van der Waals surface area contributed by atoms with Gasteiger partial charge >= 0.3 is 0 Å². The van der Waals surface area contributed by atoms with E-state index >= 15 is 0 Å². The van der Waals surface area contributed by atoms with Crippen LogP contribution in [0.2, 0.25) is 0 Å². The predicted octanol–water partition coefficient (Wildman–Crippen LogP) is 3.01. The first-order valence-electron chi connectivity index (χ1n) is 4.37. The molecule has 1 aromatic carbocycles. The van der Waals surface area contributed by atoms with E-state index in [1.165, 1.54) is 6.08 Å². The molecule has 1 rings (SSSR count). The van der Waals surface area contributed by atoms with Crippen molar-refractivity contribution >= 4 is 11.9 Å². The van der Waals surface area contributed by atoms with Gasteiger partial charge in [-0.2, -0.15) is 0 Å². The second kappa shape index (κ2) is 5.70. The van der Waals surface area contributed by atoms with Gasteiger partial charge in [0, 0.05) is 0 Å². The third-order valence-electron chi connectivity index (χ3n) is 1.74. The molecule has 0 unspecified atom stereocenters. The first-order valence-corrected chi connectivity index (χ1v) is 4.37. The van der Waals surface area contributed by atoms with Crippen molar-refractivity contribution < 1.29 is 4.79 Å². The number of hydrogen-bond acceptors (Lipinski definition) is 1. The molecule has 1 aromatic rings. The van der Waals surface area contributed by atoms with Crippen molar-refractivity contribution in [3.8, 4) is 0 Å². The van der Waals surface area contributed by atoms with Crippen LogP contribution in [0, 0.1) is 0 Å². The highest BCUT2D eigenvalue weighted by molar-refractivity contribution is 5.72. The van der Waals surface area contributed by atoms with Crippen LogP contribution in [0.3, 0.4) is 0 Å². The van der Waals surface area contributed by atoms with Crippen LogP contribution in [0.15, 0.2) is 61.2 Å². The highest BCUT2D eigenvalue weighted by Gasteiger charge is 1.90. The standard InChI is InChI=1S/C13H12O/c1-12(8-4-3-7-11-14)13-9-5-2-6-10-13/h2-11H,1H2/b7-3+,8-4+. The molecule has 0 atom stereocenters. The van der Waals surface area contributed by atoms with Crippen LogP contribution in [-0.4, -0.2) is 6.29 Å². The van der Waals surface area contributed by atoms with Gasteiger partial charge < -0.3 is 0 Å². The molecule has 0 aromatic heterocycles. The summed E-state index contributed by atoms with van der Waals surface area (Å²) in [7, 11) is 0. The highest BCUT2D eigenvalue weighted by atomic mass is 16.1. The molecule has 0 aliphatic rings. The van der Waals surface area contributed by atoms with E-state index in [1.54, 1.807) is 12.2 Å². The van der Waals surface area contributed by atoms with Crippen molar-refractivity contribution in [1.29, 1.82) is 0 Å². The molecular weight excluding hydrogens is 172 g/mol. The number of carbonyl (C=O) groups is 1. The first-order chi connectivity index (χ1) is 6.84. The van der Waals surface area contributed by atoms with Gasteiger partial charge in [0.2, 0.25) is 0 Å². The largest absolute Gasteiger partial charge is 0.299 e. The Bertz CT molecular complexity index is 358. The lowest BCUT2D eigenvalue weighted by atomic mass is 10.1. The minimum atomic E-state index is 0.746. The average Bonchev–Trinajstić information content (AvgIpc) is 2.25. The summed E-state index contributed by atoms with van der Waals surface area (Å²) in [5, 5.41) is 0. The Labute approximate surface area is 84.1 Å². The number of rotatable bonds is 4. The Morgan fingerprint density at radius 1 is 1.07 bits per heavy atom. The quantitative estimate of drug-likeness (QED) is 0.399. The smallest absolute Gasteiger partial charge is 0.142 e. The Morgan fingerprint density at radius 3 is 2.43 bits per heavy atom. The molecule has 0 saturated heterocycles. The van der Waals surface area contributed by atoms with Crippen LogP contribution in [0.5, 0.6) is 0 Å². The SMILES string of the molecule is C=C(/C=C/C=C/C=O)c1ccccc1.